The van der Waals surface area contributed by atoms with Crippen molar-refractivity contribution >= 4 is 29.6 Å². The van der Waals surface area contributed by atoms with Gasteiger partial charge in [-0.2, -0.15) is 10.1 Å². The minimum absolute atomic E-state index is 0.153. The van der Waals surface area contributed by atoms with Gasteiger partial charge in [0.05, 0.1) is 18.1 Å². The summed E-state index contributed by atoms with van der Waals surface area (Å²) in [4.78, 5) is 25.1. The Balaban J connectivity index is 1.60. The molecular weight excluding hydrogens is 300 g/mol. The molecule has 4 nitrogen and oxygen atoms in total. The van der Waals surface area contributed by atoms with E-state index in [1.807, 2.05) is 0 Å². The molecule has 2 fully saturated rings. The van der Waals surface area contributed by atoms with Crippen LogP contribution < -0.4 is 0 Å². The minimum Gasteiger partial charge on any atom is -0.272 e. The van der Waals surface area contributed by atoms with Crippen molar-refractivity contribution in [2.75, 3.05) is 0 Å². The Kier molecular flexibility index (Phi) is 3.15. The molecule has 3 aliphatic carbocycles. The molecule has 1 saturated carbocycles. The first-order chi connectivity index (χ1) is 10.6. The third-order valence-corrected chi connectivity index (χ3v) is 5.18. The Morgan fingerprint density at radius 3 is 2.05 bits per heavy atom. The molecule has 1 aromatic carbocycles. The van der Waals surface area contributed by atoms with E-state index in [9.17, 15) is 9.59 Å². The third kappa shape index (κ3) is 2.02. The van der Waals surface area contributed by atoms with Gasteiger partial charge in [-0.3, -0.25) is 9.59 Å². The molecule has 1 aliphatic heterocycles. The molecule has 1 heterocycles. The van der Waals surface area contributed by atoms with Crippen LogP contribution in [0.1, 0.15) is 18.4 Å². The topological polar surface area (TPSA) is 49.7 Å². The number of carbonyl (C=O) groups excluding carboxylic acids is 2. The molecule has 0 aromatic heterocycles. The van der Waals surface area contributed by atoms with E-state index in [4.69, 9.17) is 11.6 Å². The second-order valence-electron chi connectivity index (χ2n) is 6.13. The first-order valence-corrected chi connectivity index (χ1v) is 7.88. The Hall–Kier alpha value is -1.94. The lowest BCUT2D eigenvalue weighted by Gasteiger charge is -2.37. The lowest BCUT2D eigenvalue weighted by atomic mass is 9.63. The summed E-state index contributed by atoms with van der Waals surface area (Å²) >= 11 is 5.84. The van der Waals surface area contributed by atoms with Crippen molar-refractivity contribution in [1.29, 1.82) is 0 Å². The van der Waals surface area contributed by atoms with Crippen molar-refractivity contribution in [2.24, 2.45) is 28.8 Å². The predicted molar refractivity (Wildman–Crippen MR) is 83.2 cm³/mol. The van der Waals surface area contributed by atoms with Gasteiger partial charge in [-0.1, -0.05) is 35.9 Å². The maximum absolute atomic E-state index is 12.6. The number of halogens is 1. The zero-order chi connectivity index (χ0) is 15.3. The number of imide groups is 1. The summed E-state index contributed by atoms with van der Waals surface area (Å²) in [6, 6.07) is 7.10. The van der Waals surface area contributed by atoms with E-state index in [-0.39, 0.29) is 35.5 Å². The van der Waals surface area contributed by atoms with Crippen molar-refractivity contribution in [1.82, 2.24) is 5.01 Å². The van der Waals surface area contributed by atoms with Gasteiger partial charge in [-0.15, -0.1) is 0 Å². The molecule has 0 spiro atoms. The molecule has 112 valence electrons. The van der Waals surface area contributed by atoms with Crippen LogP contribution >= 0.6 is 11.6 Å². The number of benzene rings is 1. The Morgan fingerprint density at radius 1 is 1.00 bits per heavy atom. The van der Waals surface area contributed by atoms with Gasteiger partial charge in [0.2, 0.25) is 0 Å². The summed E-state index contributed by atoms with van der Waals surface area (Å²) in [5, 5.41) is 5.85. The molecule has 5 rings (SSSR count). The molecule has 22 heavy (non-hydrogen) atoms. The lowest BCUT2D eigenvalue weighted by molar-refractivity contribution is -0.140. The SMILES string of the molecule is O=C1C2C3C=CC(CC3)C2C(=O)N1/N=C/c1ccc(Cl)cc1. The van der Waals surface area contributed by atoms with Gasteiger partial charge in [-0.05, 0) is 42.4 Å². The number of rotatable bonds is 2. The van der Waals surface area contributed by atoms with Crippen molar-refractivity contribution < 1.29 is 9.59 Å². The van der Waals surface area contributed by atoms with Gasteiger partial charge in [0.15, 0.2) is 0 Å². The van der Waals surface area contributed by atoms with Gasteiger partial charge < -0.3 is 0 Å². The van der Waals surface area contributed by atoms with Gasteiger partial charge >= 0.3 is 0 Å². The molecule has 4 unspecified atom stereocenters. The van der Waals surface area contributed by atoms with E-state index in [0.717, 1.165) is 23.4 Å². The van der Waals surface area contributed by atoms with E-state index < -0.39 is 0 Å². The zero-order valence-electron chi connectivity index (χ0n) is 11.9. The van der Waals surface area contributed by atoms with Crippen molar-refractivity contribution in [3.63, 3.8) is 0 Å². The summed E-state index contributed by atoms with van der Waals surface area (Å²) in [5.74, 6) is -0.333. The molecule has 0 N–H and O–H groups in total. The van der Waals surface area contributed by atoms with Crippen LogP contribution in [-0.4, -0.2) is 23.0 Å². The highest BCUT2D eigenvalue weighted by molar-refractivity contribution is 6.30. The number of amides is 2. The number of carbonyl (C=O) groups is 2. The average Bonchev–Trinajstić information content (AvgIpc) is 2.82. The highest BCUT2D eigenvalue weighted by Crippen LogP contribution is 2.49. The number of allylic oxidation sites excluding steroid dienone is 2. The summed E-state index contributed by atoms with van der Waals surface area (Å²) in [5.41, 5.74) is 0.806. The fraction of sp³-hybridized carbons (Fsp3) is 0.353. The van der Waals surface area contributed by atoms with E-state index in [0.29, 0.717) is 5.02 Å². The highest BCUT2D eigenvalue weighted by Gasteiger charge is 2.56. The highest BCUT2D eigenvalue weighted by atomic mass is 35.5. The molecule has 2 bridgehead atoms. The molecule has 1 aromatic rings. The number of hydrazone groups is 1. The van der Waals surface area contributed by atoms with Crippen molar-refractivity contribution in [2.45, 2.75) is 12.8 Å². The number of fused-ring (bicyclic) bond motifs is 1. The van der Waals surface area contributed by atoms with Crippen LogP contribution in [0.5, 0.6) is 0 Å². The van der Waals surface area contributed by atoms with Crippen LogP contribution in [0.3, 0.4) is 0 Å². The standard InChI is InChI=1S/C17H15ClN2O2/c18-13-7-1-10(2-8-13)9-19-20-16(21)14-11-3-4-12(6-5-11)15(14)17(20)22/h1-4,7-9,11-12,14-15H,5-6H2/b19-9+. The first kappa shape index (κ1) is 13.7. The summed E-state index contributed by atoms with van der Waals surface area (Å²) in [7, 11) is 0. The quantitative estimate of drug-likeness (QED) is 0.479. The Bertz CT molecular complexity index is 663. The summed E-state index contributed by atoms with van der Waals surface area (Å²) in [6.07, 6.45) is 7.74. The fourth-order valence-electron chi connectivity index (χ4n) is 3.85. The minimum atomic E-state index is -0.210. The van der Waals surface area contributed by atoms with Crippen LogP contribution in [0.15, 0.2) is 41.5 Å². The van der Waals surface area contributed by atoms with Crippen LogP contribution in [0, 0.1) is 23.7 Å². The molecular formula is C17H15ClN2O2. The molecule has 5 heteroatoms. The van der Waals surface area contributed by atoms with Crippen LogP contribution in [0.25, 0.3) is 0 Å². The predicted octanol–water partition coefficient (Wildman–Crippen LogP) is 2.87. The van der Waals surface area contributed by atoms with Gasteiger partial charge in [0, 0.05) is 5.02 Å². The molecule has 4 atom stereocenters. The second-order valence-corrected chi connectivity index (χ2v) is 6.56. The van der Waals surface area contributed by atoms with Crippen molar-refractivity contribution in [3.8, 4) is 0 Å². The van der Waals surface area contributed by atoms with Crippen LogP contribution in [-0.2, 0) is 9.59 Å². The second kappa shape index (κ2) is 5.06. The summed E-state index contributed by atoms with van der Waals surface area (Å²) in [6.45, 7) is 0. The smallest absolute Gasteiger partial charge is 0.254 e. The summed E-state index contributed by atoms with van der Waals surface area (Å²) < 4.78 is 0. The number of hydrogen-bond donors (Lipinski definition) is 0. The van der Waals surface area contributed by atoms with Crippen molar-refractivity contribution in [3.05, 3.63) is 47.0 Å². The molecule has 4 aliphatic rings. The number of nitrogens with zero attached hydrogens (tertiary/aromatic N) is 2. The zero-order valence-corrected chi connectivity index (χ0v) is 12.6. The van der Waals surface area contributed by atoms with Crippen LogP contribution in [0.4, 0.5) is 0 Å². The first-order valence-electron chi connectivity index (χ1n) is 7.51. The van der Waals surface area contributed by atoms with E-state index in [1.54, 1.807) is 30.5 Å². The van der Waals surface area contributed by atoms with E-state index in [1.165, 1.54) is 0 Å². The fourth-order valence-corrected chi connectivity index (χ4v) is 3.97. The molecule has 0 radical (unpaired) electrons. The molecule has 2 amide bonds. The normalized spacial score (nSPS) is 33.0. The third-order valence-electron chi connectivity index (χ3n) is 4.93. The Labute approximate surface area is 133 Å². The largest absolute Gasteiger partial charge is 0.272 e. The number of hydrogen-bond acceptors (Lipinski definition) is 3. The van der Waals surface area contributed by atoms with E-state index in [2.05, 4.69) is 17.3 Å². The van der Waals surface area contributed by atoms with Gasteiger partial charge in [-0.25, -0.2) is 0 Å². The lowest BCUT2D eigenvalue weighted by Crippen LogP contribution is -2.38. The Morgan fingerprint density at radius 2 is 1.55 bits per heavy atom. The average molecular weight is 315 g/mol. The monoisotopic (exact) mass is 314 g/mol. The maximum atomic E-state index is 12.6. The van der Waals surface area contributed by atoms with Gasteiger partial charge in [0.1, 0.15) is 0 Å². The van der Waals surface area contributed by atoms with Gasteiger partial charge in [0.25, 0.3) is 11.8 Å². The van der Waals surface area contributed by atoms with Crippen LogP contribution in [0.2, 0.25) is 5.02 Å². The van der Waals surface area contributed by atoms with E-state index >= 15 is 0 Å². The molecule has 1 saturated heterocycles. The maximum Gasteiger partial charge on any atom is 0.254 e.